The summed E-state index contributed by atoms with van der Waals surface area (Å²) in [7, 11) is 0. The summed E-state index contributed by atoms with van der Waals surface area (Å²) in [6.45, 7) is 0. The average molecular weight is 303 g/mol. The van der Waals surface area contributed by atoms with E-state index in [4.69, 9.17) is 34.8 Å². The predicted molar refractivity (Wildman–Crippen MR) is 74.4 cm³/mol. The zero-order valence-electron chi connectivity index (χ0n) is 9.28. The van der Waals surface area contributed by atoms with E-state index >= 15 is 0 Å². The Morgan fingerprint density at radius 1 is 1.00 bits per heavy atom. The third-order valence-corrected chi connectivity index (χ3v) is 3.59. The zero-order chi connectivity index (χ0) is 13.1. The van der Waals surface area contributed by atoms with Gasteiger partial charge in [0.1, 0.15) is 6.10 Å². The topological polar surface area (TPSA) is 33.1 Å². The summed E-state index contributed by atoms with van der Waals surface area (Å²) in [5, 5.41) is 11.6. The maximum atomic E-state index is 10.1. The van der Waals surface area contributed by atoms with E-state index in [1.807, 2.05) is 0 Å². The minimum absolute atomic E-state index is 0.273. The molecule has 0 saturated carbocycles. The molecule has 0 bridgehead atoms. The van der Waals surface area contributed by atoms with E-state index in [0.717, 1.165) is 0 Å². The Labute approximate surface area is 120 Å². The van der Waals surface area contributed by atoms with Gasteiger partial charge in [-0.1, -0.05) is 40.9 Å². The Balaban J connectivity index is 2.27. The van der Waals surface area contributed by atoms with Gasteiger partial charge >= 0.3 is 0 Å². The van der Waals surface area contributed by atoms with Crippen LogP contribution in [0.5, 0.6) is 0 Å². The molecular weight excluding hydrogens is 293 g/mol. The summed E-state index contributed by atoms with van der Waals surface area (Å²) >= 11 is 18.1. The number of aromatic nitrogens is 1. The molecule has 1 aromatic heterocycles. The van der Waals surface area contributed by atoms with Crippen LogP contribution >= 0.6 is 34.8 Å². The van der Waals surface area contributed by atoms with E-state index in [2.05, 4.69) is 4.98 Å². The second kappa shape index (κ2) is 5.89. The van der Waals surface area contributed by atoms with Crippen molar-refractivity contribution in [1.82, 2.24) is 4.98 Å². The van der Waals surface area contributed by atoms with Gasteiger partial charge in [0.25, 0.3) is 0 Å². The number of hydrogen-bond acceptors (Lipinski definition) is 2. The molecule has 18 heavy (non-hydrogen) atoms. The van der Waals surface area contributed by atoms with E-state index in [9.17, 15) is 5.11 Å². The van der Waals surface area contributed by atoms with Gasteiger partial charge in [0.15, 0.2) is 0 Å². The summed E-state index contributed by atoms with van der Waals surface area (Å²) in [5.74, 6) is 0. The van der Waals surface area contributed by atoms with Crippen molar-refractivity contribution in [3.8, 4) is 0 Å². The molecule has 1 atom stereocenters. The first-order valence-corrected chi connectivity index (χ1v) is 6.44. The number of hydrogen-bond donors (Lipinski definition) is 1. The van der Waals surface area contributed by atoms with Crippen molar-refractivity contribution in [2.45, 2.75) is 12.5 Å². The second-order valence-electron chi connectivity index (χ2n) is 3.79. The molecule has 0 spiro atoms. The molecular formula is C13H10Cl3NO. The van der Waals surface area contributed by atoms with Crippen LogP contribution in [0.1, 0.15) is 17.4 Å². The van der Waals surface area contributed by atoms with Crippen molar-refractivity contribution in [2.24, 2.45) is 0 Å². The number of nitrogens with zero attached hydrogens (tertiary/aromatic N) is 1. The number of aliphatic hydroxyl groups excluding tert-OH is 1. The highest BCUT2D eigenvalue weighted by Gasteiger charge is 2.16. The molecule has 0 fully saturated rings. The lowest BCUT2D eigenvalue weighted by atomic mass is 10.0. The Bertz CT molecular complexity index is 539. The maximum Gasteiger partial charge on any atom is 0.102 e. The highest BCUT2D eigenvalue weighted by atomic mass is 35.5. The quantitative estimate of drug-likeness (QED) is 0.916. The summed E-state index contributed by atoms with van der Waals surface area (Å²) in [6.07, 6.45) is 1.02. The fourth-order valence-corrected chi connectivity index (χ4v) is 2.46. The van der Waals surface area contributed by atoms with Gasteiger partial charge in [-0.25, -0.2) is 0 Å². The molecule has 1 heterocycles. The Kier molecular flexibility index (Phi) is 4.46. The van der Waals surface area contributed by atoms with Crippen molar-refractivity contribution in [3.05, 3.63) is 62.9 Å². The molecule has 0 aliphatic rings. The lowest BCUT2D eigenvalue weighted by Crippen LogP contribution is -2.05. The van der Waals surface area contributed by atoms with Gasteiger partial charge in [0, 0.05) is 22.7 Å². The normalized spacial score (nSPS) is 12.4. The first-order valence-electron chi connectivity index (χ1n) is 5.31. The highest BCUT2D eigenvalue weighted by Crippen LogP contribution is 2.30. The van der Waals surface area contributed by atoms with Crippen LogP contribution in [0.15, 0.2) is 36.5 Å². The standard InChI is InChI=1S/C13H10Cl3NO/c14-9-3-1-4-10(15)8(9)7-12(18)13-11(16)5-2-6-17-13/h1-6,12,18H,7H2. The van der Waals surface area contributed by atoms with Gasteiger partial charge in [0.05, 0.1) is 10.7 Å². The summed E-state index contributed by atoms with van der Waals surface area (Å²) < 4.78 is 0. The van der Waals surface area contributed by atoms with Gasteiger partial charge in [-0.15, -0.1) is 0 Å². The van der Waals surface area contributed by atoms with Crippen LogP contribution in [0.2, 0.25) is 15.1 Å². The molecule has 94 valence electrons. The van der Waals surface area contributed by atoms with Crippen LogP contribution < -0.4 is 0 Å². The number of halogens is 3. The summed E-state index contributed by atoms with van der Waals surface area (Å²) in [4.78, 5) is 4.07. The van der Waals surface area contributed by atoms with Crippen LogP contribution in [0, 0.1) is 0 Å². The molecule has 0 amide bonds. The number of pyridine rings is 1. The van der Waals surface area contributed by atoms with Crippen LogP contribution in [-0.4, -0.2) is 10.1 Å². The van der Waals surface area contributed by atoms with Gasteiger partial charge in [-0.05, 0) is 29.8 Å². The van der Waals surface area contributed by atoms with E-state index in [1.165, 1.54) is 0 Å². The van der Waals surface area contributed by atoms with Crippen molar-refractivity contribution < 1.29 is 5.11 Å². The molecule has 0 radical (unpaired) electrons. The van der Waals surface area contributed by atoms with E-state index in [1.54, 1.807) is 36.5 Å². The van der Waals surface area contributed by atoms with Crippen molar-refractivity contribution in [2.75, 3.05) is 0 Å². The lowest BCUT2D eigenvalue weighted by molar-refractivity contribution is 0.174. The van der Waals surface area contributed by atoms with Crippen LogP contribution in [0.4, 0.5) is 0 Å². The number of benzene rings is 1. The second-order valence-corrected chi connectivity index (χ2v) is 5.01. The third-order valence-electron chi connectivity index (χ3n) is 2.56. The van der Waals surface area contributed by atoms with Crippen molar-refractivity contribution >= 4 is 34.8 Å². The zero-order valence-corrected chi connectivity index (χ0v) is 11.5. The van der Waals surface area contributed by atoms with Crippen LogP contribution in [0.3, 0.4) is 0 Å². The van der Waals surface area contributed by atoms with Gasteiger partial charge in [0.2, 0.25) is 0 Å². The molecule has 1 aromatic carbocycles. The summed E-state index contributed by atoms with van der Waals surface area (Å²) in [6, 6.07) is 8.61. The smallest absolute Gasteiger partial charge is 0.102 e. The Morgan fingerprint density at radius 2 is 1.61 bits per heavy atom. The molecule has 0 aliphatic carbocycles. The average Bonchev–Trinajstić information content (AvgIpc) is 2.34. The van der Waals surface area contributed by atoms with Crippen molar-refractivity contribution in [1.29, 1.82) is 0 Å². The van der Waals surface area contributed by atoms with E-state index < -0.39 is 6.10 Å². The molecule has 1 N–H and O–H groups in total. The Morgan fingerprint density at radius 3 is 2.22 bits per heavy atom. The maximum absolute atomic E-state index is 10.1. The fourth-order valence-electron chi connectivity index (χ4n) is 1.66. The van der Waals surface area contributed by atoms with E-state index in [0.29, 0.717) is 26.3 Å². The first-order chi connectivity index (χ1) is 8.59. The minimum atomic E-state index is -0.837. The number of aliphatic hydroxyl groups is 1. The van der Waals surface area contributed by atoms with Gasteiger partial charge < -0.3 is 5.11 Å². The molecule has 2 nitrogen and oxygen atoms in total. The largest absolute Gasteiger partial charge is 0.386 e. The molecule has 2 aromatic rings. The summed E-state index contributed by atoms with van der Waals surface area (Å²) in [5.41, 5.74) is 1.12. The monoisotopic (exact) mass is 301 g/mol. The SMILES string of the molecule is OC(Cc1c(Cl)cccc1Cl)c1ncccc1Cl. The molecule has 1 unspecified atom stereocenters. The number of rotatable bonds is 3. The highest BCUT2D eigenvalue weighted by molar-refractivity contribution is 6.36. The molecule has 0 saturated heterocycles. The minimum Gasteiger partial charge on any atom is -0.386 e. The molecule has 2 rings (SSSR count). The fraction of sp³-hybridized carbons (Fsp3) is 0.154. The van der Waals surface area contributed by atoms with Gasteiger partial charge in [-0.3, -0.25) is 4.98 Å². The molecule has 5 heteroatoms. The molecule has 0 aliphatic heterocycles. The van der Waals surface area contributed by atoms with Crippen LogP contribution in [-0.2, 0) is 6.42 Å². The third kappa shape index (κ3) is 2.96. The predicted octanol–water partition coefficient (Wildman–Crippen LogP) is 4.32. The first kappa shape index (κ1) is 13.6. The van der Waals surface area contributed by atoms with Crippen LogP contribution in [0.25, 0.3) is 0 Å². The Hall–Kier alpha value is -0.800. The lowest BCUT2D eigenvalue weighted by Gasteiger charge is -2.13. The van der Waals surface area contributed by atoms with Crippen molar-refractivity contribution in [3.63, 3.8) is 0 Å². The van der Waals surface area contributed by atoms with Gasteiger partial charge in [-0.2, -0.15) is 0 Å². The van der Waals surface area contributed by atoms with E-state index in [-0.39, 0.29) is 6.42 Å².